The Balaban J connectivity index is 2.09. The number of carbonyl (C=O) groups is 1. The predicted molar refractivity (Wildman–Crippen MR) is 89.6 cm³/mol. The van der Waals surface area contributed by atoms with Crippen molar-refractivity contribution in [1.82, 2.24) is 15.2 Å². The predicted octanol–water partition coefficient (Wildman–Crippen LogP) is 2.50. The van der Waals surface area contributed by atoms with Crippen molar-refractivity contribution < 1.29 is 9.53 Å². The van der Waals surface area contributed by atoms with E-state index in [9.17, 15) is 4.79 Å². The third kappa shape index (κ3) is 3.84. The first-order valence-corrected chi connectivity index (χ1v) is 7.94. The molecule has 0 fully saturated rings. The SMILES string of the molecule is COc1ccccc1-c1nc(C(=O)NC[C@@H](C)N(C)C)cs1. The Labute approximate surface area is 134 Å². The molecule has 5 nitrogen and oxygen atoms in total. The van der Waals surface area contributed by atoms with Gasteiger partial charge in [0.1, 0.15) is 16.5 Å². The maximum Gasteiger partial charge on any atom is 0.270 e. The van der Waals surface area contributed by atoms with Crippen molar-refractivity contribution in [2.45, 2.75) is 13.0 Å². The van der Waals surface area contributed by atoms with Crippen molar-refractivity contribution in [3.63, 3.8) is 0 Å². The van der Waals surface area contributed by atoms with Crippen LogP contribution in [0.15, 0.2) is 29.6 Å². The summed E-state index contributed by atoms with van der Waals surface area (Å²) in [5.74, 6) is 0.608. The first-order valence-electron chi connectivity index (χ1n) is 7.06. The van der Waals surface area contributed by atoms with Gasteiger partial charge in [0.2, 0.25) is 0 Å². The number of ether oxygens (including phenoxy) is 1. The number of hydrogen-bond acceptors (Lipinski definition) is 5. The number of thiazole rings is 1. The summed E-state index contributed by atoms with van der Waals surface area (Å²) >= 11 is 1.44. The molecule has 1 atom stereocenters. The van der Waals surface area contributed by atoms with E-state index in [1.165, 1.54) is 11.3 Å². The second-order valence-corrected chi connectivity index (χ2v) is 6.12. The van der Waals surface area contributed by atoms with E-state index in [-0.39, 0.29) is 11.9 Å². The van der Waals surface area contributed by atoms with E-state index in [0.29, 0.717) is 12.2 Å². The number of hydrogen-bond donors (Lipinski definition) is 1. The van der Waals surface area contributed by atoms with Crippen LogP contribution in [0.25, 0.3) is 10.6 Å². The number of likely N-dealkylation sites (N-methyl/N-ethyl adjacent to an activating group) is 1. The quantitative estimate of drug-likeness (QED) is 0.889. The monoisotopic (exact) mass is 319 g/mol. The van der Waals surface area contributed by atoms with Gasteiger partial charge < -0.3 is 15.0 Å². The van der Waals surface area contributed by atoms with Crippen molar-refractivity contribution in [2.75, 3.05) is 27.7 Å². The Morgan fingerprint density at radius 3 is 2.82 bits per heavy atom. The number of nitrogens with zero attached hydrogens (tertiary/aromatic N) is 2. The second-order valence-electron chi connectivity index (χ2n) is 5.26. The van der Waals surface area contributed by atoms with E-state index in [1.807, 2.05) is 38.4 Å². The molecule has 1 heterocycles. The maximum atomic E-state index is 12.2. The highest BCUT2D eigenvalue weighted by molar-refractivity contribution is 7.13. The molecule has 2 rings (SSSR count). The number of para-hydroxylation sites is 1. The van der Waals surface area contributed by atoms with Crippen LogP contribution in [0.5, 0.6) is 5.75 Å². The number of benzene rings is 1. The molecule has 1 aromatic carbocycles. The molecule has 0 aliphatic carbocycles. The first kappa shape index (κ1) is 16.5. The number of nitrogens with one attached hydrogen (secondary N) is 1. The van der Waals surface area contributed by atoms with Gasteiger partial charge in [-0.05, 0) is 33.2 Å². The van der Waals surface area contributed by atoms with Gasteiger partial charge >= 0.3 is 0 Å². The fourth-order valence-corrected chi connectivity index (χ4v) is 2.67. The summed E-state index contributed by atoms with van der Waals surface area (Å²) in [5.41, 5.74) is 1.34. The molecule has 6 heteroatoms. The molecule has 22 heavy (non-hydrogen) atoms. The Morgan fingerprint density at radius 2 is 2.14 bits per heavy atom. The molecule has 1 amide bonds. The van der Waals surface area contributed by atoms with Gasteiger partial charge in [0.15, 0.2) is 0 Å². The molecule has 0 bridgehead atoms. The van der Waals surface area contributed by atoms with E-state index >= 15 is 0 Å². The average Bonchev–Trinajstić information content (AvgIpc) is 3.01. The van der Waals surface area contributed by atoms with Crippen molar-refractivity contribution in [1.29, 1.82) is 0 Å². The highest BCUT2D eigenvalue weighted by Gasteiger charge is 2.15. The minimum absolute atomic E-state index is 0.147. The summed E-state index contributed by atoms with van der Waals surface area (Å²) in [5, 5.41) is 5.46. The number of amides is 1. The number of aromatic nitrogens is 1. The van der Waals surface area contributed by atoms with E-state index in [1.54, 1.807) is 12.5 Å². The van der Waals surface area contributed by atoms with E-state index in [0.717, 1.165) is 16.3 Å². The fraction of sp³-hybridized carbons (Fsp3) is 0.375. The third-order valence-corrected chi connectivity index (χ3v) is 4.39. The highest BCUT2D eigenvalue weighted by atomic mass is 32.1. The minimum Gasteiger partial charge on any atom is -0.496 e. The molecule has 0 unspecified atom stereocenters. The normalized spacial score (nSPS) is 12.2. The van der Waals surface area contributed by atoms with Gasteiger partial charge in [-0.15, -0.1) is 11.3 Å². The van der Waals surface area contributed by atoms with Gasteiger partial charge in [0, 0.05) is 18.0 Å². The van der Waals surface area contributed by atoms with Crippen molar-refractivity contribution >= 4 is 17.2 Å². The van der Waals surface area contributed by atoms with Crippen LogP contribution < -0.4 is 10.1 Å². The highest BCUT2D eigenvalue weighted by Crippen LogP contribution is 2.31. The standard InChI is InChI=1S/C16H21N3O2S/c1-11(19(2)3)9-17-15(20)13-10-22-16(18-13)12-7-5-6-8-14(12)21-4/h5-8,10-11H,9H2,1-4H3,(H,17,20)/t11-/m1/s1. The van der Waals surface area contributed by atoms with Crippen LogP contribution >= 0.6 is 11.3 Å². The summed E-state index contributed by atoms with van der Waals surface area (Å²) < 4.78 is 5.34. The lowest BCUT2D eigenvalue weighted by molar-refractivity contribution is 0.0939. The molecule has 0 saturated carbocycles. The van der Waals surface area contributed by atoms with Crippen LogP contribution in [0.1, 0.15) is 17.4 Å². The Kier molecular flexibility index (Phi) is 5.51. The van der Waals surface area contributed by atoms with Crippen LogP contribution in [0.3, 0.4) is 0 Å². The molecule has 0 aliphatic rings. The van der Waals surface area contributed by atoms with Crippen LogP contribution in [-0.2, 0) is 0 Å². The summed E-state index contributed by atoms with van der Waals surface area (Å²) in [6, 6.07) is 7.93. The Morgan fingerprint density at radius 1 is 1.41 bits per heavy atom. The Bertz CT molecular complexity index is 640. The molecule has 0 aliphatic heterocycles. The summed E-state index contributed by atoms with van der Waals surface area (Å²) in [6.07, 6.45) is 0. The van der Waals surface area contributed by atoms with E-state index < -0.39 is 0 Å². The summed E-state index contributed by atoms with van der Waals surface area (Å²) in [7, 11) is 5.60. The Hall–Kier alpha value is -1.92. The minimum atomic E-state index is -0.147. The molecule has 1 N–H and O–H groups in total. The smallest absolute Gasteiger partial charge is 0.270 e. The lowest BCUT2D eigenvalue weighted by Gasteiger charge is -2.19. The molecule has 2 aromatic rings. The topological polar surface area (TPSA) is 54.5 Å². The van der Waals surface area contributed by atoms with E-state index in [2.05, 4.69) is 22.1 Å². The van der Waals surface area contributed by atoms with E-state index in [4.69, 9.17) is 4.74 Å². The molecular formula is C16H21N3O2S. The maximum absolute atomic E-state index is 12.2. The number of rotatable bonds is 6. The largest absolute Gasteiger partial charge is 0.496 e. The molecule has 0 saturated heterocycles. The van der Waals surface area contributed by atoms with Gasteiger partial charge in [-0.3, -0.25) is 4.79 Å². The number of carbonyl (C=O) groups excluding carboxylic acids is 1. The molecule has 0 spiro atoms. The van der Waals surface area contributed by atoms with Crippen molar-refractivity contribution in [2.24, 2.45) is 0 Å². The van der Waals surface area contributed by atoms with Crippen molar-refractivity contribution in [3.05, 3.63) is 35.3 Å². The zero-order valence-electron chi connectivity index (χ0n) is 13.3. The lowest BCUT2D eigenvalue weighted by atomic mass is 10.2. The van der Waals surface area contributed by atoms with Gasteiger partial charge in [-0.1, -0.05) is 12.1 Å². The first-order chi connectivity index (χ1) is 10.5. The van der Waals surface area contributed by atoms with Crippen LogP contribution in [0.2, 0.25) is 0 Å². The van der Waals surface area contributed by atoms with Gasteiger partial charge in [0.05, 0.1) is 12.7 Å². The van der Waals surface area contributed by atoms with Gasteiger partial charge in [-0.25, -0.2) is 4.98 Å². The third-order valence-electron chi connectivity index (χ3n) is 3.51. The zero-order valence-corrected chi connectivity index (χ0v) is 14.1. The van der Waals surface area contributed by atoms with Crippen LogP contribution in [0, 0.1) is 0 Å². The van der Waals surface area contributed by atoms with Crippen molar-refractivity contribution in [3.8, 4) is 16.3 Å². The second kappa shape index (κ2) is 7.38. The van der Waals surface area contributed by atoms with Gasteiger partial charge in [-0.2, -0.15) is 0 Å². The average molecular weight is 319 g/mol. The zero-order chi connectivity index (χ0) is 16.1. The molecule has 0 radical (unpaired) electrons. The molecule has 118 valence electrons. The van der Waals surface area contributed by atoms with Crippen LogP contribution in [0.4, 0.5) is 0 Å². The molecular weight excluding hydrogens is 298 g/mol. The number of methoxy groups -OCH3 is 1. The fourth-order valence-electron chi connectivity index (χ4n) is 1.84. The summed E-state index contributed by atoms with van der Waals surface area (Å²) in [6.45, 7) is 2.65. The van der Waals surface area contributed by atoms with Gasteiger partial charge in [0.25, 0.3) is 5.91 Å². The molecule has 1 aromatic heterocycles. The lowest BCUT2D eigenvalue weighted by Crippen LogP contribution is -2.38. The van der Waals surface area contributed by atoms with Crippen LogP contribution in [-0.4, -0.2) is 49.6 Å². The summed E-state index contributed by atoms with van der Waals surface area (Å²) in [4.78, 5) is 18.6.